The first-order chi connectivity index (χ1) is 11.4. The summed E-state index contributed by atoms with van der Waals surface area (Å²) in [5.74, 6) is 0. The molecule has 0 spiro atoms. The van der Waals surface area contributed by atoms with E-state index in [2.05, 4.69) is 5.32 Å². The molecule has 0 bridgehead atoms. The summed E-state index contributed by atoms with van der Waals surface area (Å²) in [5.41, 5.74) is 1.20. The molecule has 5 atom stereocenters. The van der Waals surface area contributed by atoms with Gasteiger partial charge in [0.15, 0.2) is 0 Å². The number of nitrogens with one attached hydrogen (secondary N) is 1. The van der Waals surface area contributed by atoms with Crippen LogP contribution in [0.3, 0.4) is 0 Å². The number of benzene rings is 1. The van der Waals surface area contributed by atoms with Gasteiger partial charge in [0.1, 0.15) is 23.9 Å². The molecule has 4 N–H and O–H groups in total. The molecule has 0 aliphatic carbocycles. The molecule has 1 aromatic carbocycles. The fourth-order valence-electron chi connectivity index (χ4n) is 3.00. The molecule has 1 aromatic heterocycles. The third kappa shape index (κ3) is 3.03. The van der Waals surface area contributed by atoms with Crippen LogP contribution in [-0.2, 0) is 4.74 Å². The van der Waals surface area contributed by atoms with Crippen molar-refractivity contribution < 1.29 is 24.5 Å². The van der Waals surface area contributed by atoms with E-state index in [-0.39, 0.29) is 6.61 Å². The monoisotopic (exact) mass is 335 g/mol. The highest BCUT2D eigenvalue weighted by Crippen LogP contribution is 2.26. The summed E-state index contributed by atoms with van der Waals surface area (Å²) < 4.78 is 10.8. The van der Waals surface area contributed by atoms with Crippen LogP contribution in [0.2, 0.25) is 0 Å². The highest BCUT2D eigenvalue weighted by molar-refractivity contribution is 5.80. The van der Waals surface area contributed by atoms with E-state index in [1.54, 1.807) is 38.1 Å². The van der Waals surface area contributed by atoms with Crippen molar-refractivity contribution in [3.8, 4) is 0 Å². The summed E-state index contributed by atoms with van der Waals surface area (Å²) in [5, 5.41) is 33.4. The van der Waals surface area contributed by atoms with Gasteiger partial charge in [0.05, 0.1) is 18.8 Å². The molecule has 24 heavy (non-hydrogen) atoms. The predicted octanol–water partition coefficient (Wildman–Crippen LogP) is 0.383. The molecular weight excluding hydrogens is 314 g/mol. The van der Waals surface area contributed by atoms with Gasteiger partial charge in [0.2, 0.25) is 0 Å². The number of aliphatic hydroxyl groups is 3. The Morgan fingerprint density at radius 3 is 2.67 bits per heavy atom. The van der Waals surface area contributed by atoms with Crippen molar-refractivity contribution in [1.82, 2.24) is 0 Å². The largest absolute Gasteiger partial charge is 0.422 e. The third-order valence-corrected chi connectivity index (χ3v) is 4.42. The zero-order valence-electron chi connectivity index (χ0n) is 13.5. The van der Waals surface area contributed by atoms with Crippen LogP contribution in [0.25, 0.3) is 11.0 Å². The van der Waals surface area contributed by atoms with Gasteiger partial charge in [-0.1, -0.05) is 0 Å². The molecule has 3 rings (SSSR count). The lowest BCUT2D eigenvalue weighted by atomic mass is 9.93. The topological polar surface area (TPSA) is 112 Å². The van der Waals surface area contributed by atoms with E-state index in [4.69, 9.17) is 9.15 Å². The first kappa shape index (κ1) is 16.9. The van der Waals surface area contributed by atoms with Crippen LogP contribution in [0, 0.1) is 6.92 Å². The quantitative estimate of drug-likeness (QED) is 0.600. The summed E-state index contributed by atoms with van der Waals surface area (Å²) in [4.78, 5) is 11.6. The van der Waals surface area contributed by atoms with Gasteiger partial charge < -0.3 is 29.8 Å². The molecule has 7 heteroatoms. The van der Waals surface area contributed by atoms with Crippen LogP contribution in [-0.4, -0.2) is 52.4 Å². The Bertz CT molecular complexity index is 788. The SMILES string of the molecule is Cc1cc2ccc(NC3C(C)OC(CO)C(O)C3O)cc2oc1=O. The van der Waals surface area contributed by atoms with Gasteiger partial charge in [-0.25, -0.2) is 4.79 Å². The Morgan fingerprint density at radius 2 is 1.96 bits per heavy atom. The highest BCUT2D eigenvalue weighted by atomic mass is 16.5. The van der Waals surface area contributed by atoms with E-state index in [1.807, 2.05) is 0 Å². The van der Waals surface area contributed by atoms with Gasteiger partial charge in [-0.3, -0.25) is 0 Å². The van der Waals surface area contributed by atoms with Crippen LogP contribution in [0.15, 0.2) is 33.5 Å². The first-order valence-corrected chi connectivity index (χ1v) is 7.84. The molecule has 0 saturated carbocycles. The predicted molar refractivity (Wildman–Crippen MR) is 88.1 cm³/mol. The number of hydrogen-bond acceptors (Lipinski definition) is 7. The Morgan fingerprint density at radius 1 is 1.21 bits per heavy atom. The molecule has 5 unspecified atom stereocenters. The van der Waals surface area contributed by atoms with Crippen LogP contribution in [0.1, 0.15) is 12.5 Å². The lowest BCUT2D eigenvalue weighted by Crippen LogP contribution is -2.60. The summed E-state index contributed by atoms with van der Waals surface area (Å²) in [6.07, 6.45) is -3.54. The zero-order chi connectivity index (χ0) is 17.4. The smallest absolute Gasteiger partial charge is 0.339 e. The minimum absolute atomic E-state index is 0.365. The number of hydrogen-bond donors (Lipinski definition) is 4. The van der Waals surface area contributed by atoms with Gasteiger partial charge in [-0.15, -0.1) is 0 Å². The van der Waals surface area contributed by atoms with Gasteiger partial charge in [-0.05, 0) is 32.0 Å². The Balaban J connectivity index is 1.86. The number of ether oxygens (including phenoxy) is 1. The second kappa shape index (κ2) is 6.52. The average Bonchev–Trinajstić information content (AvgIpc) is 2.56. The van der Waals surface area contributed by atoms with Crippen molar-refractivity contribution >= 4 is 16.7 Å². The number of aryl methyl sites for hydroxylation is 1. The van der Waals surface area contributed by atoms with E-state index < -0.39 is 36.1 Å². The highest BCUT2D eigenvalue weighted by Gasteiger charge is 2.42. The van der Waals surface area contributed by atoms with E-state index in [0.717, 1.165) is 5.39 Å². The summed E-state index contributed by atoms with van der Waals surface area (Å²) in [6, 6.07) is 6.45. The van der Waals surface area contributed by atoms with Gasteiger partial charge in [0.25, 0.3) is 0 Å². The molecule has 2 aromatic rings. The molecule has 0 amide bonds. The minimum atomic E-state index is -1.19. The van der Waals surface area contributed by atoms with Crippen molar-refractivity contribution in [2.75, 3.05) is 11.9 Å². The molecule has 1 fully saturated rings. The van der Waals surface area contributed by atoms with E-state index >= 15 is 0 Å². The van der Waals surface area contributed by atoms with Crippen molar-refractivity contribution in [3.63, 3.8) is 0 Å². The van der Waals surface area contributed by atoms with Crippen molar-refractivity contribution in [3.05, 3.63) is 40.2 Å². The maximum absolute atomic E-state index is 11.6. The zero-order valence-corrected chi connectivity index (χ0v) is 13.5. The fourth-order valence-corrected chi connectivity index (χ4v) is 3.00. The van der Waals surface area contributed by atoms with Crippen LogP contribution < -0.4 is 10.9 Å². The Labute approximate surface area is 138 Å². The maximum atomic E-state index is 11.6. The maximum Gasteiger partial charge on any atom is 0.339 e. The standard InChI is InChI=1S/C17H21NO6/c1-8-5-10-3-4-11(6-12(10)24-17(8)22)18-14-9(2)23-13(7-19)15(20)16(14)21/h3-6,9,13-16,18-21H,7H2,1-2H3. The van der Waals surface area contributed by atoms with Crippen LogP contribution in [0.4, 0.5) is 5.69 Å². The molecule has 0 radical (unpaired) electrons. The summed E-state index contributed by atoms with van der Waals surface area (Å²) >= 11 is 0. The van der Waals surface area contributed by atoms with E-state index in [1.165, 1.54) is 0 Å². The van der Waals surface area contributed by atoms with Gasteiger partial charge >= 0.3 is 5.63 Å². The summed E-state index contributed by atoms with van der Waals surface area (Å²) in [6.45, 7) is 3.07. The van der Waals surface area contributed by atoms with Crippen molar-refractivity contribution in [1.29, 1.82) is 0 Å². The number of aliphatic hydroxyl groups excluding tert-OH is 3. The summed E-state index contributed by atoms with van der Waals surface area (Å²) in [7, 11) is 0. The van der Waals surface area contributed by atoms with Gasteiger partial charge in [0, 0.05) is 22.7 Å². The first-order valence-electron chi connectivity index (χ1n) is 7.84. The normalized spacial score (nSPS) is 30.5. The molecule has 1 aliphatic heterocycles. The molecule has 7 nitrogen and oxygen atoms in total. The molecule has 1 aliphatic rings. The second-order valence-electron chi connectivity index (χ2n) is 6.18. The number of anilines is 1. The van der Waals surface area contributed by atoms with Gasteiger partial charge in [-0.2, -0.15) is 0 Å². The molecule has 130 valence electrons. The third-order valence-electron chi connectivity index (χ3n) is 4.42. The van der Waals surface area contributed by atoms with Crippen LogP contribution >= 0.6 is 0 Å². The fraction of sp³-hybridized carbons (Fsp3) is 0.471. The minimum Gasteiger partial charge on any atom is -0.422 e. The van der Waals surface area contributed by atoms with Crippen LogP contribution in [0.5, 0.6) is 0 Å². The number of fused-ring (bicyclic) bond motifs is 1. The van der Waals surface area contributed by atoms with E-state index in [0.29, 0.717) is 16.8 Å². The van der Waals surface area contributed by atoms with Crippen molar-refractivity contribution in [2.45, 2.75) is 44.3 Å². The molecule has 1 saturated heterocycles. The molecular formula is C17H21NO6. The lowest BCUT2D eigenvalue weighted by Gasteiger charge is -2.41. The molecule has 2 heterocycles. The Kier molecular flexibility index (Phi) is 4.60. The average molecular weight is 335 g/mol. The van der Waals surface area contributed by atoms with E-state index in [9.17, 15) is 20.1 Å². The van der Waals surface area contributed by atoms with Crippen molar-refractivity contribution in [2.24, 2.45) is 0 Å². The number of rotatable bonds is 3. The second-order valence-corrected chi connectivity index (χ2v) is 6.18. The lowest BCUT2D eigenvalue weighted by molar-refractivity contribution is -0.180. The Hall–Kier alpha value is -1.93.